The van der Waals surface area contributed by atoms with Crippen molar-refractivity contribution in [1.29, 1.82) is 0 Å². The maximum absolute atomic E-state index is 11.4. The first-order valence-corrected chi connectivity index (χ1v) is 7.44. The van der Waals surface area contributed by atoms with Crippen LogP contribution in [0.15, 0.2) is 6.07 Å². The first-order valence-electron chi connectivity index (χ1n) is 4.98. The van der Waals surface area contributed by atoms with Crippen LogP contribution in [0, 0.1) is 13.8 Å². The minimum atomic E-state index is -3.08. The second kappa shape index (κ2) is 5.09. The summed E-state index contributed by atoms with van der Waals surface area (Å²) in [5.74, 6) is 0.205. The van der Waals surface area contributed by atoms with E-state index in [1.165, 1.54) is 10.4 Å². The number of aryl methyl sites for hydroxylation is 2. The van der Waals surface area contributed by atoms with Gasteiger partial charge in [-0.25, -0.2) is 13.1 Å². The molecule has 0 saturated carbocycles. The molecular formula is C10H17NO2S2. The molecule has 1 N–H and O–H groups in total. The van der Waals surface area contributed by atoms with Crippen LogP contribution in [0.5, 0.6) is 0 Å². The molecule has 0 aliphatic rings. The average Bonchev–Trinajstić information content (AvgIpc) is 2.44. The van der Waals surface area contributed by atoms with Crippen molar-refractivity contribution in [3.8, 4) is 0 Å². The van der Waals surface area contributed by atoms with Gasteiger partial charge in [-0.2, -0.15) is 0 Å². The van der Waals surface area contributed by atoms with Gasteiger partial charge < -0.3 is 0 Å². The minimum absolute atomic E-state index is 0.205. The summed E-state index contributed by atoms with van der Waals surface area (Å²) in [5, 5.41) is 0. The zero-order valence-electron chi connectivity index (χ0n) is 9.33. The molecule has 0 atom stereocenters. The zero-order valence-corrected chi connectivity index (χ0v) is 11.0. The Morgan fingerprint density at radius 2 is 2.07 bits per heavy atom. The van der Waals surface area contributed by atoms with E-state index < -0.39 is 10.0 Å². The van der Waals surface area contributed by atoms with Gasteiger partial charge in [-0.1, -0.05) is 6.92 Å². The third-order valence-electron chi connectivity index (χ3n) is 2.16. The van der Waals surface area contributed by atoms with Crippen LogP contribution in [0.3, 0.4) is 0 Å². The number of hydrogen-bond acceptors (Lipinski definition) is 3. The lowest BCUT2D eigenvalue weighted by molar-refractivity contribution is 0.580. The Morgan fingerprint density at radius 3 is 2.53 bits per heavy atom. The molecule has 1 rings (SSSR count). The molecule has 0 bridgehead atoms. The molecule has 86 valence electrons. The topological polar surface area (TPSA) is 46.2 Å². The van der Waals surface area contributed by atoms with Crippen LogP contribution < -0.4 is 4.72 Å². The van der Waals surface area contributed by atoms with E-state index in [0.29, 0.717) is 13.0 Å². The Hall–Kier alpha value is -0.390. The van der Waals surface area contributed by atoms with E-state index in [-0.39, 0.29) is 5.75 Å². The van der Waals surface area contributed by atoms with Gasteiger partial charge in [-0.05, 0) is 31.9 Å². The average molecular weight is 247 g/mol. The highest BCUT2D eigenvalue weighted by molar-refractivity contribution is 7.89. The summed E-state index contributed by atoms with van der Waals surface area (Å²) < 4.78 is 25.4. The van der Waals surface area contributed by atoms with E-state index in [9.17, 15) is 8.42 Å². The van der Waals surface area contributed by atoms with Gasteiger partial charge in [-0.15, -0.1) is 11.3 Å². The molecule has 0 unspecified atom stereocenters. The van der Waals surface area contributed by atoms with Crippen molar-refractivity contribution in [3.63, 3.8) is 0 Å². The van der Waals surface area contributed by atoms with Gasteiger partial charge in [0.1, 0.15) is 0 Å². The molecule has 0 amide bonds. The molecule has 1 heterocycles. The monoisotopic (exact) mass is 247 g/mol. The molecule has 1 aromatic rings. The molecule has 0 aliphatic heterocycles. The third-order valence-corrected chi connectivity index (χ3v) is 4.84. The number of thiophene rings is 1. The van der Waals surface area contributed by atoms with Gasteiger partial charge in [0, 0.05) is 16.3 Å². The van der Waals surface area contributed by atoms with E-state index >= 15 is 0 Å². The van der Waals surface area contributed by atoms with E-state index in [2.05, 4.69) is 4.72 Å². The predicted molar refractivity (Wildman–Crippen MR) is 64.7 cm³/mol. The Balaban J connectivity index is 2.57. The second-order valence-corrected chi connectivity index (χ2v) is 6.86. The quantitative estimate of drug-likeness (QED) is 0.867. The Labute approximate surface area is 95.6 Å². The molecule has 15 heavy (non-hydrogen) atoms. The van der Waals surface area contributed by atoms with Crippen LogP contribution in [0.4, 0.5) is 0 Å². The smallest absolute Gasteiger partial charge is 0.211 e. The summed E-state index contributed by atoms with van der Waals surface area (Å²) in [5.41, 5.74) is 1.23. The summed E-state index contributed by atoms with van der Waals surface area (Å²) in [7, 11) is -3.08. The first kappa shape index (κ1) is 12.7. The fraction of sp³-hybridized carbons (Fsp3) is 0.600. The molecule has 0 fully saturated rings. The van der Waals surface area contributed by atoms with Crippen molar-refractivity contribution < 1.29 is 8.42 Å². The lowest BCUT2D eigenvalue weighted by atomic mass is 10.3. The molecule has 3 nitrogen and oxygen atoms in total. The molecule has 0 saturated heterocycles. The maximum atomic E-state index is 11.4. The van der Waals surface area contributed by atoms with E-state index in [4.69, 9.17) is 0 Å². The lowest BCUT2D eigenvalue weighted by Gasteiger charge is -2.02. The summed E-state index contributed by atoms with van der Waals surface area (Å²) in [6.45, 7) is 6.36. The fourth-order valence-electron chi connectivity index (χ4n) is 1.26. The van der Waals surface area contributed by atoms with Crippen LogP contribution in [0.25, 0.3) is 0 Å². The summed E-state index contributed by atoms with van der Waals surface area (Å²) in [6.07, 6.45) is 0.651. The van der Waals surface area contributed by atoms with Gasteiger partial charge in [0.15, 0.2) is 0 Å². The number of rotatable bonds is 5. The third kappa shape index (κ3) is 3.93. The molecule has 0 aliphatic carbocycles. The number of hydrogen-bond donors (Lipinski definition) is 1. The highest BCUT2D eigenvalue weighted by Crippen LogP contribution is 2.20. The molecule has 1 aromatic heterocycles. The van der Waals surface area contributed by atoms with Crippen LogP contribution in [-0.4, -0.2) is 14.2 Å². The predicted octanol–water partition coefficient (Wildman–Crippen LogP) is 2.19. The van der Waals surface area contributed by atoms with E-state index in [0.717, 1.165) is 4.88 Å². The summed E-state index contributed by atoms with van der Waals surface area (Å²) in [6, 6.07) is 2.04. The number of sulfonamides is 1. The molecular weight excluding hydrogens is 230 g/mol. The highest BCUT2D eigenvalue weighted by atomic mass is 32.2. The first-order chi connectivity index (χ1) is 6.94. The normalized spacial score (nSPS) is 11.9. The minimum Gasteiger partial charge on any atom is -0.212 e. The number of nitrogens with one attached hydrogen (secondary N) is 1. The molecule has 0 aromatic carbocycles. The van der Waals surface area contributed by atoms with Crippen molar-refractivity contribution in [3.05, 3.63) is 21.4 Å². The van der Waals surface area contributed by atoms with Crippen LogP contribution in [-0.2, 0) is 16.6 Å². The second-order valence-electron chi connectivity index (χ2n) is 3.59. The van der Waals surface area contributed by atoms with Crippen molar-refractivity contribution in [2.24, 2.45) is 0 Å². The van der Waals surface area contributed by atoms with Gasteiger partial charge in [-0.3, -0.25) is 0 Å². The van der Waals surface area contributed by atoms with Crippen LogP contribution in [0.1, 0.15) is 28.7 Å². The Kier molecular flexibility index (Phi) is 4.31. The summed E-state index contributed by atoms with van der Waals surface area (Å²) >= 11 is 1.65. The standard InChI is InChI=1S/C10H17NO2S2/c1-4-5-15(12,13)11-7-10-6-8(2)9(3)14-10/h6,11H,4-5,7H2,1-3H3. The van der Waals surface area contributed by atoms with E-state index in [1.807, 2.05) is 26.8 Å². The van der Waals surface area contributed by atoms with E-state index in [1.54, 1.807) is 11.3 Å². The Bertz CT molecular complexity index is 401. The Morgan fingerprint density at radius 1 is 1.40 bits per heavy atom. The zero-order chi connectivity index (χ0) is 11.5. The highest BCUT2D eigenvalue weighted by Gasteiger charge is 2.09. The molecule has 5 heteroatoms. The molecule has 0 radical (unpaired) electrons. The van der Waals surface area contributed by atoms with Gasteiger partial charge in [0.2, 0.25) is 10.0 Å². The summed E-state index contributed by atoms with van der Waals surface area (Å²) in [4.78, 5) is 2.32. The maximum Gasteiger partial charge on any atom is 0.211 e. The van der Waals surface area contributed by atoms with Crippen molar-refractivity contribution in [2.45, 2.75) is 33.7 Å². The fourth-order valence-corrected chi connectivity index (χ4v) is 3.40. The van der Waals surface area contributed by atoms with Crippen molar-refractivity contribution in [1.82, 2.24) is 4.72 Å². The van der Waals surface area contributed by atoms with Crippen LogP contribution in [0.2, 0.25) is 0 Å². The SMILES string of the molecule is CCCS(=O)(=O)NCc1cc(C)c(C)s1. The van der Waals surface area contributed by atoms with Gasteiger partial charge >= 0.3 is 0 Å². The van der Waals surface area contributed by atoms with Crippen LogP contribution >= 0.6 is 11.3 Å². The van der Waals surface area contributed by atoms with Gasteiger partial charge in [0.05, 0.1) is 5.75 Å². The lowest BCUT2D eigenvalue weighted by Crippen LogP contribution is -2.25. The molecule has 0 spiro atoms. The van der Waals surface area contributed by atoms with Crippen molar-refractivity contribution in [2.75, 3.05) is 5.75 Å². The van der Waals surface area contributed by atoms with Crippen molar-refractivity contribution >= 4 is 21.4 Å². The largest absolute Gasteiger partial charge is 0.212 e. The van der Waals surface area contributed by atoms with Gasteiger partial charge in [0.25, 0.3) is 0 Å².